The van der Waals surface area contributed by atoms with Crippen LogP contribution in [0.4, 0.5) is 16.2 Å². The fourth-order valence-corrected chi connectivity index (χ4v) is 4.70. The molecule has 0 aliphatic carbocycles. The first kappa shape index (κ1) is 21.3. The standard InChI is InChI=1S/C22H22ClN5O2S/c1-13-8-9-17(14(2)11-13)25-22(30)28-10-4-7-18(28)20-26-27-21(31-20)19(29)24-16-6-3-5-15(23)12-16/h3,5-6,8-9,11-12,18H,4,7,10H2,1-2H3,(H,24,29)(H,25,30)/t18-/m0/s1. The van der Waals surface area contributed by atoms with Gasteiger partial charge in [-0.2, -0.15) is 0 Å². The molecule has 1 atom stereocenters. The van der Waals surface area contributed by atoms with Crippen LogP contribution in [0.1, 0.15) is 44.8 Å². The summed E-state index contributed by atoms with van der Waals surface area (Å²) in [5.74, 6) is -0.352. The molecule has 2 N–H and O–H groups in total. The lowest BCUT2D eigenvalue weighted by molar-refractivity contribution is 0.102. The quantitative estimate of drug-likeness (QED) is 0.549. The summed E-state index contributed by atoms with van der Waals surface area (Å²) in [7, 11) is 0. The second-order valence-electron chi connectivity index (χ2n) is 7.51. The van der Waals surface area contributed by atoms with E-state index in [9.17, 15) is 9.59 Å². The molecular weight excluding hydrogens is 434 g/mol. The summed E-state index contributed by atoms with van der Waals surface area (Å²) in [6, 6.07) is 12.5. The molecule has 7 nitrogen and oxygen atoms in total. The van der Waals surface area contributed by atoms with Crippen molar-refractivity contribution in [1.82, 2.24) is 15.1 Å². The molecule has 4 rings (SSSR count). The van der Waals surface area contributed by atoms with Gasteiger partial charge in [0.1, 0.15) is 5.01 Å². The van der Waals surface area contributed by atoms with Gasteiger partial charge in [-0.1, -0.05) is 46.7 Å². The maximum absolute atomic E-state index is 12.9. The molecule has 1 fully saturated rings. The number of aromatic nitrogens is 2. The van der Waals surface area contributed by atoms with Crippen molar-refractivity contribution < 1.29 is 9.59 Å². The second-order valence-corrected chi connectivity index (χ2v) is 8.96. The molecule has 31 heavy (non-hydrogen) atoms. The second kappa shape index (κ2) is 9.03. The molecule has 9 heteroatoms. The van der Waals surface area contributed by atoms with Crippen molar-refractivity contribution in [2.24, 2.45) is 0 Å². The van der Waals surface area contributed by atoms with E-state index in [1.807, 2.05) is 32.0 Å². The molecule has 3 aromatic rings. The Morgan fingerprint density at radius 1 is 1.13 bits per heavy atom. The highest BCUT2D eigenvalue weighted by Gasteiger charge is 2.33. The Bertz CT molecular complexity index is 1130. The van der Waals surface area contributed by atoms with Crippen molar-refractivity contribution in [2.75, 3.05) is 17.2 Å². The zero-order valence-electron chi connectivity index (χ0n) is 17.2. The van der Waals surface area contributed by atoms with Crippen LogP contribution in [-0.4, -0.2) is 33.6 Å². The minimum Gasteiger partial charge on any atom is -0.320 e. The molecule has 1 aliphatic heterocycles. The minimum atomic E-state index is -0.352. The van der Waals surface area contributed by atoms with Gasteiger partial charge in [-0.05, 0) is 56.5 Å². The predicted molar refractivity (Wildman–Crippen MR) is 123 cm³/mol. The van der Waals surface area contributed by atoms with Gasteiger partial charge >= 0.3 is 6.03 Å². The van der Waals surface area contributed by atoms with Crippen LogP contribution in [0.15, 0.2) is 42.5 Å². The third-order valence-electron chi connectivity index (χ3n) is 5.14. The van der Waals surface area contributed by atoms with Gasteiger partial charge in [0.15, 0.2) is 0 Å². The van der Waals surface area contributed by atoms with Crippen LogP contribution >= 0.6 is 22.9 Å². The molecule has 0 unspecified atom stereocenters. The van der Waals surface area contributed by atoms with E-state index in [4.69, 9.17) is 11.6 Å². The number of hydrogen-bond donors (Lipinski definition) is 2. The van der Waals surface area contributed by atoms with Crippen molar-refractivity contribution >= 4 is 46.3 Å². The highest BCUT2D eigenvalue weighted by Crippen LogP contribution is 2.34. The van der Waals surface area contributed by atoms with Gasteiger partial charge in [0.25, 0.3) is 5.91 Å². The van der Waals surface area contributed by atoms with E-state index in [-0.39, 0.29) is 23.0 Å². The molecule has 2 aromatic carbocycles. The van der Waals surface area contributed by atoms with E-state index < -0.39 is 0 Å². The highest BCUT2D eigenvalue weighted by atomic mass is 35.5. The van der Waals surface area contributed by atoms with E-state index in [1.165, 1.54) is 11.3 Å². The Hall–Kier alpha value is -2.97. The van der Waals surface area contributed by atoms with Crippen molar-refractivity contribution in [3.63, 3.8) is 0 Å². The SMILES string of the molecule is Cc1ccc(NC(=O)N2CCC[C@H]2c2nnc(C(=O)Nc3cccc(Cl)c3)s2)c(C)c1. The average Bonchev–Trinajstić information content (AvgIpc) is 3.39. The highest BCUT2D eigenvalue weighted by molar-refractivity contribution is 7.13. The van der Waals surface area contributed by atoms with E-state index in [2.05, 4.69) is 20.8 Å². The Morgan fingerprint density at radius 2 is 1.97 bits per heavy atom. The summed E-state index contributed by atoms with van der Waals surface area (Å²) in [6.07, 6.45) is 1.65. The van der Waals surface area contributed by atoms with Crippen LogP contribution in [0.25, 0.3) is 0 Å². The largest absolute Gasteiger partial charge is 0.322 e. The van der Waals surface area contributed by atoms with Crippen molar-refractivity contribution in [3.05, 3.63) is 68.6 Å². The number of nitrogens with one attached hydrogen (secondary N) is 2. The number of anilines is 2. The monoisotopic (exact) mass is 455 g/mol. The number of likely N-dealkylation sites (tertiary alicyclic amines) is 1. The van der Waals surface area contributed by atoms with Crippen LogP contribution in [0, 0.1) is 13.8 Å². The summed E-state index contributed by atoms with van der Waals surface area (Å²) in [4.78, 5) is 27.2. The third kappa shape index (κ3) is 4.86. The number of aryl methyl sites for hydroxylation is 2. The lowest BCUT2D eigenvalue weighted by Crippen LogP contribution is -2.34. The summed E-state index contributed by atoms with van der Waals surface area (Å²) >= 11 is 7.17. The van der Waals surface area contributed by atoms with Gasteiger partial charge in [-0.15, -0.1) is 10.2 Å². The number of benzene rings is 2. The van der Waals surface area contributed by atoms with Gasteiger partial charge < -0.3 is 15.5 Å². The van der Waals surface area contributed by atoms with Gasteiger partial charge in [-0.25, -0.2) is 4.79 Å². The molecule has 0 radical (unpaired) electrons. The molecular formula is C22H22ClN5O2S. The zero-order chi connectivity index (χ0) is 22.0. The van der Waals surface area contributed by atoms with Gasteiger partial charge in [0, 0.05) is 22.9 Å². The Kier molecular flexibility index (Phi) is 6.20. The number of amides is 3. The molecule has 1 aliphatic rings. The van der Waals surface area contributed by atoms with Crippen molar-refractivity contribution in [2.45, 2.75) is 32.7 Å². The Labute approximate surface area is 189 Å². The molecule has 0 spiro atoms. The third-order valence-corrected chi connectivity index (χ3v) is 6.40. The maximum atomic E-state index is 12.9. The fraction of sp³-hybridized carbons (Fsp3) is 0.273. The van der Waals surface area contributed by atoms with E-state index in [0.717, 1.165) is 29.7 Å². The molecule has 2 heterocycles. The molecule has 0 saturated carbocycles. The molecule has 1 aromatic heterocycles. The van der Waals surface area contributed by atoms with Crippen molar-refractivity contribution in [3.8, 4) is 0 Å². The van der Waals surface area contributed by atoms with E-state index in [0.29, 0.717) is 22.3 Å². The number of nitrogens with zero attached hydrogens (tertiary/aromatic N) is 3. The number of urea groups is 1. The summed E-state index contributed by atoms with van der Waals surface area (Å²) in [5.41, 5.74) is 3.54. The molecule has 1 saturated heterocycles. The smallest absolute Gasteiger partial charge is 0.320 e. The Morgan fingerprint density at radius 3 is 2.74 bits per heavy atom. The first-order valence-electron chi connectivity index (χ1n) is 9.96. The topological polar surface area (TPSA) is 87.2 Å². The van der Waals surface area contributed by atoms with Crippen LogP contribution < -0.4 is 10.6 Å². The van der Waals surface area contributed by atoms with E-state index >= 15 is 0 Å². The number of hydrogen-bond acceptors (Lipinski definition) is 5. The van der Waals surface area contributed by atoms with Gasteiger partial charge in [0.05, 0.1) is 6.04 Å². The van der Waals surface area contributed by atoms with Crippen LogP contribution in [-0.2, 0) is 0 Å². The van der Waals surface area contributed by atoms with Crippen LogP contribution in [0.5, 0.6) is 0 Å². The zero-order valence-corrected chi connectivity index (χ0v) is 18.8. The number of carbonyl (C=O) groups excluding carboxylic acids is 2. The van der Waals surface area contributed by atoms with Crippen LogP contribution in [0.3, 0.4) is 0 Å². The summed E-state index contributed by atoms with van der Waals surface area (Å²) in [6.45, 7) is 4.62. The lowest BCUT2D eigenvalue weighted by Gasteiger charge is -2.23. The first-order valence-corrected chi connectivity index (χ1v) is 11.2. The van der Waals surface area contributed by atoms with Gasteiger partial charge in [0.2, 0.25) is 5.01 Å². The summed E-state index contributed by atoms with van der Waals surface area (Å²) in [5, 5.41) is 15.5. The molecule has 0 bridgehead atoms. The number of halogens is 1. The fourth-order valence-electron chi connectivity index (χ4n) is 3.62. The van der Waals surface area contributed by atoms with Crippen LogP contribution in [0.2, 0.25) is 5.02 Å². The average molecular weight is 456 g/mol. The predicted octanol–water partition coefficient (Wildman–Crippen LogP) is 5.43. The first-order chi connectivity index (χ1) is 14.9. The molecule has 160 valence electrons. The normalized spacial score (nSPS) is 15.7. The lowest BCUT2D eigenvalue weighted by atomic mass is 10.1. The Balaban J connectivity index is 1.46. The number of carbonyl (C=O) groups is 2. The molecule has 3 amide bonds. The number of rotatable bonds is 4. The minimum absolute atomic E-state index is 0.172. The maximum Gasteiger partial charge on any atom is 0.322 e. The van der Waals surface area contributed by atoms with Crippen molar-refractivity contribution in [1.29, 1.82) is 0 Å². The summed E-state index contributed by atoms with van der Waals surface area (Å²) < 4.78 is 0. The van der Waals surface area contributed by atoms with Gasteiger partial charge in [-0.3, -0.25) is 4.79 Å². The van der Waals surface area contributed by atoms with E-state index in [1.54, 1.807) is 29.2 Å².